The van der Waals surface area contributed by atoms with E-state index in [9.17, 15) is 13.8 Å². The fourth-order valence-electron chi connectivity index (χ4n) is 1.46. The summed E-state index contributed by atoms with van der Waals surface area (Å²) in [6.07, 6.45) is 1.86. The van der Waals surface area contributed by atoms with Crippen LogP contribution in [0.25, 0.3) is 0 Å². The number of carboxylic acids is 1. The van der Waals surface area contributed by atoms with Gasteiger partial charge >= 0.3 is 5.97 Å². The molecule has 0 aliphatic heterocycles. The average molecular weight is 263 g/mol. The Balaban J connectivity index is 4.30. The summed E-state index contributed by atoms with van der Waals surface area (Å²) in [5.41, 5.74) is 0. The summed E-state index contributed by atoms with van der Waals surface area (Å²) in [5, 5.41) is 11.2. The van der Waals surface area contributed by atoms with Crippen molar-refractivity contribution in [3.8, 4) is 0 Å². The van der Waals surface area contributed by atoms with Crippen LogP contribution < -0.4 is 5.32 Å². The number of carbonyl (C=O) groups is 2. The quantitative estimate of drug-likeness (QED) is 0.677. The van der Waals surface area contributed by atoms with Crippen LogP contribution in [0, 0.1) is 5.92 Å². The van der Waals surface area contributed by atoms with Crippen molar-refractivity contribution >= 4 is 22.7 Å². The Labute approximate surface area is 104 Å². The highest BCUT2D eigenvalue weighted by atomic mass is 32.2. The molecule has 5 nitrogen and oxygen atoms in total. The van der Waals surface area contributed by atoms with Gasteiger partial charge in [-0.25, -0.2) is 4.79 Å². The zero-order valence-corrected chi connectivity index (χ0v) is 11.4. The van der Waals surface area contributed by atoms with E-state index in [1.807, 2.05) is 13.8 Å². The van der Waals surface area contributed by atoms with Crippen LogP contribution in [0.2, 0.25) is 0 Å². The van der Waals surface area contributed by atoms with E-state index in [1.54, 1.807) is 0 Å². The predicted molar refractivity (Wildman–Crippen MR) is 67.2 cm³/mol. The first-order valence-electron chi connectivity index (χ1n) is 5.75. The summed E-state index contributed by atoms with van der Waals surface area (Å²) in [7, 11) is -1.21. The molecule has 0 heterocycles. The summed E-state index contributed by atoms with van der Waals surface area (Å²) < 4.78 is 11.8. The van der Waals surface area contributed by atoms with Gasteiger partial charge in [0.1, 0.15) is 6.04 Å². The minimum atomic E-state index is -1.21. The van der Waals surface area contributed by atoms with Gasteiger partial charge in [-0.3, -0.25) is 9.00 Å². The number of hydrogen-bond donors (Lipinski definition) is 2. The normalized spacial score (nSPS) is 14.4. The van der Waals surface area contributed by atoms with E-state index < -0.39 is 28.7 Å². The van der Waals surface area contributed by atoms with Crippen LogP contribution in [0.5, 0.6) is 0 Å². The molecule has 2 N–H and O–H groups in total. The Morgan fingerprint density at radius 2 is 1.76 bits per heavy atom. The van der Waals surface area contributed by atoms with Crippen molar-refractivity contribution in [2.45, 2.75) is 39.7 Å². The Morgan fingerprint density at radius 1 is 1.24 bits per heavy atom. The van der Waals surface area contributed by atoms with Gasteiger partial charge in [0.25, 0.3) is 0 Å². The molecule has 0 aromatic rings. The van der Waals surface area contributed by atoms with Crippen LogP contribution in [0.15, 0.2) is 0 Å². The molecule has 0 radical (unpaired) electrons. The lowest BCUT2D eigenvalue weighted by atomic mass is 10.1. The molecule has 0 fully saturated rings. The van der Waals surface area contributed by atoms with Gasteiger partial charge in [0.05, 0.1) is 5.75 Å². The first kappa shape index (κ1) is 16.1. The molecular weight excluding hydrogens is 242 g/mol. The van der Waals surface area contributed by atoms with E-state index in [0.29, 0.717) is 11.7 Å². The van der Waals surface area contributed by atoms with Crippen molar-refractivity contribution in [2.75, 3.05) is 11.5 Å². The monoisotopic (exact) mass is 263 g/mol. The fourth-order valence-corrected chi connectivity index (χ4v) is 3.19. The van der Waals surface area contributed by atoms with Crippen molar-refractivity contribution in [3.63, 3.8) is 0 Å². The maximum atomic E-state index is 11.8. The second-order valence-electron chi connectivity index (χ2n) is 4.05. The minimum absolute atomic E-state index is 0.0224. The number of hydrogen-bond acceptors (Lipinski definition) is 3. The highest BCUT2D eigenvalue weighted by Gasteiger charge is 2.22. The van der Waals surface area contributed by atoms with Gasteiger partial charge in [0, 0.05) is 23.5 Å². The van der Waals surface area contributed by atoms with Crippen LogP contribution in [-0.2, 0) is 20.4 Å². The molecule has 0 rings (SSSR count). The lowest BCUT2D eigenvalue weighted by molar-refractivity contribution is -0.140. The highest BCUT2D eigenvalue weighted by Crippen LogP contribution is 2.09. The number of nitrogens with one attached hydrogen (secondary N) is 1. The molecule has 6 heteroatoms. The van der Waals surface area contributed by atoms with Crippen LogP contribution in [-0.4, -0.2) is 38.7 Å². The summed E-state index contributed by atoms with van der Waals surface area (Å²) in [5.74, 6) is -0.737. The van der Waals surface area contributed by atoms with Crippen molar-refractivity contribution in [1.29, 1.82) is 0 Å². The molecule has 100 valence electrons. The molecule has 0 aromatic carbocycles. The van der Waals surface area contributed by atoms with E-state index in [0.717, 1.165) is 12.8 Å². The number of aliphatic carboxylic acids is 1. The molecule has 0 bridgehead atoms. The standard InChI is InChI=1S/C11H21NO4S/c1-4-9(5-2)6-17(16)7-10(11(14)15)12-8(3)13/h9-10H,4-7H2,1-3H3,(H,12,13)(H,14,15)/t10-,17?/m0/s1. The third kappa shape index (κ3) is 7.10. The largest absolute Gasteiger partial charge is 0.480 e. The lowest BCUT2D eigenvalue weighted by Gasteiger charge is -2.15. The van der Waals surface area contributed by atoms with Gasteiger partial charge < -0.3 is 10.4 Å². The topological polar surface area (TPSA) is 83.5 Å². The molecule has 1 amide bonds. The van der Waals surface area contributed by atoms with E-state index in [-0.39, 0.29) is 5.75 Å². The number of amides is 1. The predicted octanol–water partition coefficient (Wildman–Crippen LogP) is 0.761. The van der Waals surface area contributed by atoms with Gasteiger partial charge in [-0.15, -0.1) is 0 Å². The zero-order chi connectivity index (χ0) is 13.4. The van der Waals surface area contributed by atoms with Gasteiger partial charge in [-0.1, -0.05) is 26.7 Å². The third-order valence-electron chi connectivity index (χ3n) is 2.60. The Kier molecular flexibility index (Phi) is 7.78. The second kappa shape index (κ2) is 8.22. The number of carbonyl (C=O) groups excluding carboxylic acids is 1. The maximum Gasteiger partial charge on any atom is 0.327 e. The SMILES string of the molecule is CCC(CC)CS(=O)C[C@H](NC(C)=O)C(=O)O. The molecule has 0 saturated heterocycles. The molecule has 0 aromatic heterocycles. The molecule has 2 atom stereocenters. The fraction of sp³-hybridized carbons (Fsp3) is 0.818. The maximum absolute atomic E-state index is 11.8. The molecule has 0 aliphatic rings. The smallest absolute Gasteiger partial charge is 0.327 e. The molecule has 17 heavy (non-hydrogen) atoms. The van der Waals surface area contributed by atoms with Crippen LogP contribution in [0.1, 0.15) is 33.6 Å². The average Bonchev–Trinajstić information content (AvgIpc) is 2.24. The Bertz CT molecular complexity index is 289. The summed E-state index contributed by atoms with van der Waals surface area (Å²) >= 11 is 0. The number of rotatable bonds is 8. The van der Waals surface area contributed by atoms with Gasteiger partial charge in [0.2, 0.25) is 5.91 Å². The Morgan fingerprint density at radius 3 is 2.12 bits per heavy atom. The second-order valence-corrected chi connectivity index (χ2v) is 5.59. The Hall–Kier alpha value is -0.910. The van der Waals surface area contributed by atoms with E-state index >= 15 is 0 Å². The number of carboxylic acid groups (broad SMARTS) is 1. The van der Waals surface area contributed by atoms with E-state index in [1.165, 1.54) is 6.92 Å². The molecule has 0 saturated carbocycles. The van der Waals surface area contributed by atoms with Crippen LogP contribution in [0.3, 0.4) is 0 Å². The van der Waals surface area contributed by atoms with Crippen LogP contribution >= 0.6 is 0 Å². The zero-order valence-electron chi connectivity index (χ0n) is 10.6. The first-order chi connectivity index (χ1) is 7.90. The first-order valence-corrected chi connectivity index (χ1v) is 7.24. The van der Waals surface area contributed by atoms with Gasteiger partial charge in [0.15, 0.2) is 0 Å². The van der Waals surface area contributed by atoms with Crippen molar-refractivity contribution < 1.29 is 18.9 Å². The van der Waals surface area contributed by atoms with Crippen molar-refractivity contribution in [1.82, 2.24) is 5.32 Å². The summed E-state index contributed by atoms with van der Waals surface area (Å²) in [6.45, 7) is 5.29. The van der Waals surface area contributed by atoms with Gasteiger partial charge in [-0.2, -0.15) is 0 Å². The molecule has 1 unspecified atom stereocenters. The highest BCUT2D eigenvalue weighted by molar-refractivity contribution is 7.85. The van der Waals surface area contributed by atoms with E-state index in [2.05, 4.69) is 5.32 Å². The van der Waals surface area contributed by atoms with Crippen molar-refractivity contribution in [2.24, 2.45) is 5.92 Å². The van der Waals surface area contributed by atoms with Crippen LogP contribution in [0.4, 0.5) is 0 Å². The van der Waals surface area contributed by atoms with Gasteiger partial charge in [-0.05, 0) is 5.92 Å². The minimum Gasteiger partial charge on any atom is -0.480 e. The molecule has 0 aliphatic carbocycles. The van der Waals surface area contributed by atoms with E-state index in [4.69, 9.17) is 5.11 Å². The third-order valence-corrected chi connectivity index (χ3v) is 4.15. The lowest BCUT2D eigenvalue weighted by Crippen LogP contribution is -2.43. The van der Waals surface area contributed by atoms with Crippen molar-refractivity contribution in [3.05, 3.63) is 0 Å². The molecular formula is C11H21NO4S. The summed E-state index contributed by atoms with van der Waals surface area (Å²) in [4.78, 5) is 21.6. The molecule has 0 spiro atoms. The summed E-state index contributed by atoms with van der Waals surface area (Å²) in [6, 6.07) is -1.05.